The average molecular weight is 378 g/mol. The summed E-state index contributed by atoms with van der Waals surface area (Å²) in [6.45, 7) is 1.99. The second kappa shape index (κ2) is 6.91. The van der Waals surface area contributed by atoms with Crippen LogP contribution < -0.4 is 10.3 Å². The van der Waals surface area contributed by atoms with Crippen LogP contribution in [0.5, 0.6) is 11.8 Å². The van der Waals surface area contributed by atoms with Gasteiger partial charge in [-0.3, -0.25) is 4.79 Å². The number of benzene rings is 4. The third-order valence-electron chi connectivity index (χ3n) is 4.93. The zero-order valence-corrected chi connectivity index (χ0v) is 15.9. The van der Waals surface area contributed by atoms with Crippen LogP contribution in [0.3, 0.4) is 0 Å². The zero-order chi connectivity index (χ0) is 19.8. The Hall–Kier alpha value is -3.92. The van der Waals surface area contributed by atoms with Crippen molar-refractivity contribution >= 4 is 21.7 Å². The topological polar surface area (TPSA) is 44.1 Å². The van der Waals surface area contributed by atoms with E-state index in [2.05, 4.69) is 11.1 Å². The molecule has 0 radical (unpaired) electrons. The molecule has 0 N–H and O–H groups in total. The van der Waals surface area contributed by atoms with Crippen molar-refractivity contribution in [1.29, 1.82) is 0 Å². The first kappa shape index (κ1) is 17.2. The molecule has 5 aromatic rings. The van der Waals surface area contributed by atoms with Gasteiger partial charge in [0.05, 0.1) is 16.6 Å². The molecule has 0 bridgehead atoms. The molecule has 140 valence electrons. The molecule has 0 atom stereocenters. The molecular formula is C25H18N2O2. The van der Waals surface area contributed by atoms with Crippen molar-refractivity contribution in [3.8, 4) is 17.4 Å². The Morgan fingerprint density at radius 1 is 0.793 bits per heavy atom. The molecule has 0 spiro atoms. The first-order valence-electron chi connectivity index (χ1n) is 9.44. The monoisotopic (exact) mass is 378 g/mol. The average Bonchev–Trinajstić information content (AvgIpc) is 2.74. The summed E-state index contributed by atoms with van der Waals surface area (Å²) in [6.07, 6.45) is 0. The second-order valence-electron chi connectivity index (χ2n) is 7.00. The van der Waals surface area contributed by atoms with Crippen molar-refractivity contribution in [1.82, 2.24) is 9.55 Å². The second-order valence-corrected chi connectivity index (χ2v) is 7.00. The summed E-state index contributed by atoms with van der Waals surface area (Å²) in [6, 6.07) is 29.2. The maximum atomic E-state index is 13.3. The fraction of sp³-hybridized carbons (Fsp3) is 0.0400. The summed E-state index contributed by atoms with van der Waals surface area (Å²) in [7, 11) is 0. The molecule has 0 aliphatic rings. The highest BCUT2D eigenvalue weighted by Crippen LogP contribution is 2.27. The number of aryl methyl sites for hydroxylation is 1. The summed E-state index contributed by atoms with van der Waals surface area (Å²) in [5.74, 6) is 0.632. The highest BCUT2D eigenvalue weighted by atomic mass is 16.5. The van der Waals surface area contributed by atoms with E-state index in [0.717, 1.165) is 22.0 Å². The van der Waals surface area contributed by atoms with Crippen LogP contribution in [0, 0.1) is 6.92 Å². The van der Waals surface area contributed by atoms with Crippen LogP contribution in [-0.4, -0.2) is 9.55 Å². The highest BCUT2D eigenvalue weighted by molar-refractivity contribution is 5.84. The van der Waals surface area contributed by atoms with Crippen LogP contribution in [0.15, 0.2) is 95.8 Å². The van der Waals surface area contributed by atoms with Gasteiger partial charge in [-0.1, -0.05) is 54.6 Å². The molecule has 29 heavy (non-hydrogen) atoms. The molecule has 1 aromatic heterocycles. The van der Waals surface area contributed by atoms with Crippen molar-refractivity contribution < 1.29 is 4.74 Å². The van der Waals surface area contributed by atoms with Gasteiger partial charge in [0.2, 0.25) is 0 Å². The fourth-order valence-electron chi connectivity index (χ4n) is 3.51. The van der Waals surface area contributed by atoms with E-state index >= 15 is 0 Å². The van der Waals surface area contributed by atoms with E-state index in [1.54, 1.807) is 6.07 Å². The van der Waals surface area contributed by atoms with Gasteiger partial charge in [0, 0.05) is 0 Å². The number of fused-ring (bicyclic) bond motifs is 2. The molecule has 0 unspecified atom stereocenters. The van der Waals surface area contributed by atoms with Crippen LogP contribution in [0.25, 0.3) is 27.4 Å². The quantitative estimate of drug-likeness (QED) is 0.408. The van der Waals surface area contributed by atoms with E-state index in [1.807, 2.05) is 85.8 Å². The van der Waals surface area contributed by atoms with Crippen LogP contribution in [0.2, 0.25) is 0 Å². The van der Waals surface area contributed by atoms with E-state index in [9.17, 15) is 4.79 Å². The highest BCUT2D eigenvalue weighted by Gasteiger charge is 2.15. The van der Waals surface area contributed by atoms with Crippen molar-refractivity contribution in [3.63, 3.8) is 0 Å². The number of hydrogen-bond donors (Lipinski definition) is 0. The Morgan fingerprint density at radius 2 is 1.59 bits per heavy atom. The Labute approximate surface area is 167 Å². The molecule has 1 heterocycles. The van der Waals surface area contributed by atoms with Gasteiger partial charge in [0.15, 0.2) is 0 Å². The first-order chi connectivity index (χ1) is 14.2. The van der Waals surface area contributed by atoms with E-state index in [0.29, 0.717) is 16.7 Å². The summed E-state index contributed by atoms with van der Waals surface area (Å²) in [4.78, 5) is 18.0. The number of para-hydroxylation sites is 1. The molecule has 0 fully saturated rings. The fourth-order valence-corrected chi connectivity index (χ4v) is 3.51. The molecule has 0 saturated heterocycles. The Kier molecular flexibility index (Phi) is 4.10. The van der Waals surface area contributed by atoms with Gasteiger partial charge in [-0.2, -0.15) is 4.98 Å². The maximum Gasteiger partial charge on any atom is 0.310 e. The minimum Gasteiger partial charge on any atom is -0.425 e. The molecule has 5 rings (SSSR count). The number of nitrogens with zero attached hydrogens (tertiary/aromatic N) is 2. The van der Waals surface area contributed by atoms with Gasteiger partial charge in [-0.05, 0) is 59.7 Å². The normalized spacial score (nSPS) is 11.1. The lowest BCUT2D eigenvalue weighted by atomic mass is 10.1. The van der Waals surface area contributed by atoms with Crippen LogP contribution in [-0.2, 0) is 0 Å². The summed E-state index contributed by atoms with van der Waals surface area (Å²) in [5.41, 5.74) is 2.23. The van der Waals surface area contributed by atoms with E-state index < -0.39 is 0 Å². The minimum atomic E-state index is -0.156. The van der Waals surface area contributed by atoms with Crippen molar-refractivity contribution in [2.75, 3.05) is 0 Å². The molecule has 0 amide bonds. The van der Waals surface area contributed by atoms with E-state index in [1.165, 1.54) is 4.57 Å². The predicted molar refractivity (Wildman–Crippen MR) is 116 cm³/mol. The largest absolute Gasteiger partial charge is 0.425 e. The van der Waals surface area contributed by atoms with Gasteiger partial charge < -0.3 is 4.74 Å². The Morgan fingerprint density at radius 3 is 2.45 bits per heavy atom. The van der Waals surface area contributed by atoms with Gasteiger partial charge in [-0.25, -0.2) is 4.57 Å². The third-order valence-corrected chi connectivity index (χ3v) is 4.93. The number of ether oxygens (including phenoxy) is 1. The van der Waals surface area contributed by atoms with E-state index in [4.69, 9.17) is 4.74 Å². The van der Waals surface area contributed by atoms with Gasteiger partial charge in [0.25, 0.3) is 5.56 Å². The summed E-state index contributed by atoms with van der Waals surface area (Å²) in [5, 5.41) is 2.75. The van der Waals surface area contributed by atoms with Gasteiger partial charge >= 0.3 is 6.01 Å². The third kappa shape index (κ3) is 3.15. The molecule has 0 aliphatic heterocycles. The lowest BCUT2D eigenvalue weighted by Crippen LogP contribution is -2.21. The van der Waals surface area contributed by atoms with E-state index in [-0.39, 0.29) is 11.6 Å². The first-order valence-corrected chi connectivity index (χ1v) is 9.44. The SMILES string of the molecule is Cc1cccc(-n2c(Oc3ccc4ccccc4c3)nc3ccccc3c2=O)c1. The van der Waals surface area contributed by atoms with Gasteiger partial charge in [-0.15, -0.1) is 0 Å². The lowest BCUT2D eigenvalue weighted by molar-refractivity contribution is 0.428. The summed E-state index contributed by atoms with van der Waals surface area (Å²) < 4.78 is 7.68. The van der Waals surface area contributed by atoms with Crippen molar-refractivity contribution in [2.24, 2.45) is 0 Å². The molecule has 4 nitrogen and oxygen atoms in total. The molecular weight excluding hydrogens is 360 g/mol. The zero-order valence-electron chi connectivity index (χ0n) is 15.9. The van der Waals surface area contributed by atoms with Crippen LogP contribution in [0.1, 0.15) is 5.56 Å². The lowest BCUT2D eigenvalue weighted by Gasteiger charge is -2.14. The molecule has 4 heteroatoms. The summed E-state index contributed by atoms with van der Waals surface area (Å²) >= 11 is 0. The van der Waals surface area contributed by atoms with Gasteiger partial charge in [0.1, 0.15) is 5.75 Å². The Bertz CT molecular complexity index is 1420. The van der Waals surface area contributed by atoms with Crippen molar-refractivity contribution in [2.45, 2.75) is 6.92 Å². The maximum absolute atomic E-state index is 13.3. The molecule has 4 aromatic carbocycles. The molecule has 0 aliphatic carbocycles. The Balaban J connectivity index is 1.72. The van der Waals surface area contributed by atoms with Crippen LogP contribution in [0.4, 0.5) is 0 Å². The number of hydrogen-bond acceptors (Lipinski definition) is 3. The van der Waals surface area contributed by atoms with Crippen LogP contribution >= 0.6 is 0 Å². The number of aromatic nitrogens is 2. The molecule has 0 saturated carbocycles. The standard InChI is InChI=1S/C25H18N2O2/c1-17-7-6-10-20(15-17)27-24(28)22-11-4-5-12-23(22)26-25(27)29-21-14-13-18-8-2-3-9-19(18)16-21/h2-16H,1H3. The smallest absolute Gasteiger partial charge is 0.310 e. The minimum absolute atomic E-state index is 0.156. The van der Waals surface area contributed by atoms with Crippen molar-refractivity contribution in [3.05, 3.63) is 107 Å². The predicted octanol–water partition coefficient (Wildman–Crippen LogP) is 5.64. The number of rotatable bonds is 3.